The van der Waals surface area contributed by atoms with Crippen molar-refractivity contribution in [2.45, 2.75) is 81.0 Å². The van der Waals surface area contributed by atoms with Crippen LogP contribution in [0.25, 0.3) is 11.3 Å². The number of para-hydroxylation sites is 1. The van der Waals surface area contributed by atoms with Gasteiger partial charge in [0.2, 0.25) is 29.5 Å². The predicted molar refractivity (Wildman–Crippen MR) is 227 cm³/mol. The van der Waals surface area contributed by atoms with Crippen LogP contribution in [-0.2, 0) is 14.4 Å². The first-order valence-corrected chi connectivity index (χ1v) is 21.4. The van der Waals surface area contributed by atoms with Crippen molar-refractivity contribution in [1.29, 1.82) is 0 Å². The summed E-state index contributed by atoms with van der Waals surface area (Å²) in [5.74, 6) is -3.46. The number of carbonyl (C=O) groups is 3. The highest BCUT2D eigenvalue weighted by Crippen LogP contribution is 2.42. The first-order chi connectivity index (χ1) is 29.9. The number of ether oxygens (including phenoxy) is 1. The van der Waals surface area contributed by atoms with Gasteiger partial charge >= 0.3 is 0 Å². The molecule has 5 saturated heterocycles. The van der Waals surface area contributed by atoms with Gasteiger partial charge in [-0.25, -0.2) is 13.8 Å². The van der Waals surface area contributed by atoms with Crippen LogP contribution in [0, 0.1) is 0 Å². The molecule has 18 heteroatoms. The number of likely N-dealkylation sites (tertiary alicyclic amines) is 2. The molecule has 2 bridgehead atoms. The van der Waals surface area contributed by atoms with E-state index < -0.39 is 30.3 Å². The van der Waals surface area contributed by atoms with E-state index >= 15 is 8.78 Å². The second kappa shape index (κ2) is 16.9. The highest BCUT2D eigenvalue weighted by atomic mass is 19.3. The Kier molecular flexibility index (Phi) is 11.3. The molecule has 5 aliphatic rings. The van der Waals surface area contributed by atoms with Crippen LogP contribution in [0.4, 0.5) is 31.9 Å². The predicted octanol–water partition coefficient (Wildman–Crippen LogP) is 3.82. The molecule has 3 amide bonds. The number of halogens is 2. The van der Waals surface area contributed by atoms with Crippen molar-refractivity contribution in [3.8, 4) is 22.9 Å². The lowest BCUT2D eigenvalue weighted by Gasteiger charge is -2.42. The Bertz CT molecular complexity index is 2320. The second-order valence-corrected chi connectivity index (χ2v) is 17.1. The van der Waals surface area contributed by atoms with Gasteiger partial charge in [-0.05, 0) is 68.1 Å². The number of imide groups is 1. The van der Waals surface area contributed by atoms with Crippen LogP contribution in [0.2, 0.25) is 0 Å². The number of fused-ring (bicyclic) bond motifs is 2. The molecule has 2 aromatic heterocycles. The van der Waals surface area contributed by atoms with E-state index in [-0.39, 0.29) is 55.1 Å². The van der Waals surface area contributed by atoms with E-state index in [1.165, 1.54) is 0 Å². The molecule has 5 fully saturated rings. The zero-order valence-electron chi connectivity index (χ0n) is 34.6. The van der Waals surface area contributed by atoms with Crippen LogP contribution < -0.4 is 30.5 Å². The van der Waals surface area contributed by atoms with E-state index in [0.29, 0.717) is 92.1 Å². The molecule has 326 valence electrons. The third-order valence-electron chi connectivity index (χ3n) is 13.1. The minimum atomic E-state index is -3.07. The van der Waals surface area contributed by atoms with Crippen molar-refractivity contribution in [3.05, 3.63) is 72.4 Å². The molecule has 0 spiro atoms. The normalized spacial score (nSPS) is 24.2. The number of likely N-dealkylation sites (N-methyl/N-ethyl adjacent to an activating group) is 1. The number of amides is 3. The number of nitrogens with two attached hydrogens (primary N) is 1. The smallest absolute Gasteiger partial charge is 0.267 e. The van der Waals surface area contributed by atoms with E-state index in [1.807, 2.05) is 12.1 Å². The van der Waals surface area contributed by atoms with Gasteiger partial charge in [0, 0.05) is 88.1 Å². The number of piperazine rings is 1. The number of aromatic nitrogens is 4. The molecule has 5 aliphatic heterocycles. The number of nitrogen functional groups attached to an aromatic ring is 1. The van der Waals surface area contributed by atoms with Crippen LogP contribution in [-0.4, -0.2) is 136 Å². The van der Waals surface area contributed by atoms with Gasteiger partial charge in [-0.3, -0.25) is 24.6 Å². The number of carbonyl (C=O) groups excluding carboxylic acids is 3. The molecule has 2 unspecified atom stereocenters. The van der Waals surface area contributed by atoms with Crippen LogP contribution in [0.3, 0.4) is 0 Å². The molecule has 2 aromatic carbocycles. The van der Waals surface area contributed by atoms with Crippen molar-refractivity contribution in [1.82, 2.24) is 35.3 Å². The lowest BCUT2D eigenvalue weighted by molar-refractivity contribution is -0.138. The molecular weight excluding hydrogens is 801 g/mol. The summed E-state index contributed by atoms with van der Waals surface area (Å²) in [7, 11) is 1.73. The maximum Gasteiger partial charge on any atom is 0.267 e. The van der Waals surface area contributed by atoms with E-state index in [1.54, 1.807) is 76.5 Å². The van der Waals surface area contributed by atoms with Crippen LogP contribution in [0.1, 0.15) is 56.4 Å². The number of piperidine rings is 3. The van der Waals surface area contributed by atoms with Gasteiger partial charge in [-0.2, -0.15) is 4.98 Å². The monoisotopic (exact) mass is 851 g/mol. The van der Waals surface area contributed by atoms with Crippen molar-refractivity contribution in [2.24, 2.45) is 0 Å². The average molecular weight is 852 g/mol. The number of nitrogens with zero attached hydrogens (tertiary/aromatic N) is 9. The Morgan fingerprint density at radius 1 is 0.968 bits per heavy atom. The maximum absolute atomic E-state index is 15.8. The molecule has 4 atom stereocenters. The lowest BCUT2D eigenvalue weighted by atomic mass is 9.85. The molecule has 0 aliphatic carbocycles. The SMILES string of the molecule is CN(c1cccc(C2CCN(CC(=O)N3CCC(Oc4ccnc(N5[C@@H]6CC[C@H]5CN(c5cc(-c7ccccc7O)nnc5N)C6)n4)CC3)CC2(F)F)c1)C1CCC(=O)NC1=O. The number of nitrogens with one attached hydrogen (secondary N) is 1. The maximum atomic E-state index is 15.8. The molecule has 4 aromatic rings. The third kappa shape index (κ3) is 8.39. The highest BCUT2D eigenvalue weighted by molar-refractivity contribution is 6.01. The number of alkyl halides is 2. The number of hydrogen-bond donors (Lipinski definition) is 3. The molecule has 62 heavy (non-hydrogen) atoms. The first kappa shape index (κ1) is 41.2. The molecule has 0 radical (unpaired) electrons. The number of benzene rings is 2. The van der Waals surface area contributed by atoms with Crippen molar-refractivity contribution < 1.29 is 33.0 Å². The quantitative estimate of drug-likeness (QED) is 0.196. The third-order valence-corrected chi connectivity index (χ3v) is 13.1. The second-order valence-electron chi connectivity index (χ2n) is 17.1. The summed E-state index contributed by atoms with van der Waals surface area (Å²) >= 11 is 0. The first-order valence-electron chi connectivity index (χ1n) is 21.4. The van der Waals surface area contributed by atoms with Gasteiger partial charge in [0.05, 0.1) is 30.4 Å². The summed E-state index contributed by atoms with van der Waals surface area (Å²) in [6.07, 6.45) is 5.40. The highest BCUT2D eigenvalue weighted by Gasteiger charge is 2.46. The summed E-state index contributed by atoms with van der Waals surface area (Å²) in [6.45, 7) is 2.00. The topological polar surface area (TPSA) is 186 Å². The Morgan fingerprint density at radius 3 is 2.48 bits per heavy atom. The minimum absolute atomic E-state index is 0.0843. The average Bonchev–Trinajstić information content (AvgIpc) is 3.52. The van der Waals surface area contributed by atoms with Gasteiger partial charge in [-0.1, -0.05) is 24.3 Å². The zero-order chi connectivity index (χ0) is 43.1. The summed E-state index contributed by atoms with van der Waals surface area (Å²) in [6, 6.07) is 17.2. The Balaban J connectivity index is 0.761. The van der Waals surface area contributed by atoms with E-state index in [9.17, 15) is 19.5 Å². The van der Waals surface area contributed by atoms with Crippen LogP contribution >= 0.6 is 0 Å². The number of rotatable bonds is 10. The van der Waals surface area contributed by atoms with Gasteiger partial charge in [-0.15, -0.1) is 10.2 Å². The van der Waals surface area contributed by atoms with Crippen LogP contribution in [0.15, 0.2) is 66.9 Å². The number of phenols is 1. The van der Waals surface area contributed by atoms with Crippen molar-refractivity contribution in [2.75, 3.05) is 73.3 Å². The molecule has 16 nitrogen and oxygen atoms in total. The van der Waals surface area contributed by atoms with Crippen LogP contribution in [0.5, 0.6) is 11.6 Å². The zero-order valence-corrected chi connectivity index (χ0v) is 34.6. The fraction of sp³-hybridized carbons (Fsp3) is 0.477. The largest absolute Gasteiger partial charge is 0.507 e. The Hall–Kier alpha value is -6.17. The molecule has 4 N–H and O–H groups in total. The Labute approximate surface area is 358 Å². The number of aromatic hydroxyl groups is 1. The van der Waals surface area contributed by atoms with Gasteiger partial charge < -0.3 is 35.2 Å². The lowest BCUT2D eigenvalue weighted by Crippen LogP contribution is -2.54. The molecule has 0 saturated carbocycles. The number of anilines is 4. The van der Waals surface area contributed by atoms with Gasteiger partial charge in [0.15, 0.2) is 5.82 Å². The van der Waals surface area contributed by atoms with Gasteiger partial charge in [0.1, 0.15) is 17.9 Å². The number of hydrogen-bond acceptors (Lipinski definition) is 14. The molecule has 9 rings (SSSR count). The van der Waals surface area contributed by atoms with Gasteiger partial charge in [0.25, 0.3) is 5.92 Å². The van der Waals surface area contributed by atoms with E-state index in [4.69, 9.17) is 15.5 Å². The standard InChI is InChI=1S/C44H51F2N11O5/c1-53(35-11-12-38(59)49-42(35)61)28-6-4-5-27(21-28)33-16-18-54(26-44(33,45)46)25-40(60)55-19-14-31(15-20-55)62-39-13-17-48-43(50-39)57-29-9-10-30(57)24-56(23-29)36-22-34(51-52-41(36)47)32-7-2-3-8-37(32)58/h2-8,13,17,21-22,29-31,33,35,58H,9-12,14-16,18-20,23-26H2,1H3,(H2,47,52)(H,49,59,61)/t29-,30+,33?,35?. The van der Waals surface area contributed by atoms with Crippen molar-refractivity contribution in [3.63, 3.8) is 0 Å². The fourth-order valence-corrected chi connectivity index (χ4v) is 9.85. The van der Waals surface area contributed by atoms with E-state index in [0.717, 1.165) is 18.5 Å². The van der Waals surface area contributed by atoms with Crippen molar-refractivity contribution >= 4 is 40.9 Å². The minimum Gasteiger partial charge on any atom is -0.507 e. The number of phenolic OH excluding ortho intramolecular Hbond substituents is 1. The fourth-order valence-electron chi connectivity index (χ4n) is 9.85. The summed E-state index contributed by atoms with van der Waals surface area (Å²) < 4.78 is 37.9. The molecular formula is C44H51F2N11O5. The summed E-state index contributed by atoms with van der Waals surface area (Å²) in [4.78, 5) is 56.5. The Morgan fingerprint density at radius 2 is 1.74 bits per heavy atom. The molecule has 7 heterocycles. The summed E-state index contributed by atoms with van der Waals surface area (Å²) in [5.41, 5.74) is 9.36. The summed E-state index contributed by atoms with van der Waals surface area (Å²) in [5, 5.41) is 21.2. The van der Waals surface area contributed by atoms with E-state index in [2.05, 4.69) is 30.3 Å².